The van der Waals surface area contributed by atoms with Gasteiger partial charge in [0.2, 0.25) is 0 Å². The van der Waals surface area contributed by atoms with E-state index in [0.29, 0.717) is 58.9 Å². The van der Waals surface area contributed by atoms with Crippen molar-refractivity contribution in [3.05, 3.63) is 68.5 Å². The molecule has 2 aromatic heterocycles. The number of nitrogens with two attached hydrogens (primary N) is 1. The van der Waals surface area contributed by atoms with Crippen molar-refractivity contribution < 1.29 is 28.1 Å². The Hall–Kier alpha value is -3.03. The summed E-state index contributed by atoms with van der Waals surface area (Å²) in [5.74, 6) is 0.442. The van der Waals surface area contributed by atoms with Crippen LogP contribution >= 0.6 is 31.9 Å². The summed E-state index contributed by atoms with van der Waals surface area (Å²) in [7, 11) is 1.38. The minimum atomic E-state index is -1.01. The number of carbonyl (C=O) groups is 1. The second kappa shape index (κ2) is 14.5. The van der Waals surface area contributed by atoms with E-state index in [1.807, 2.05) is 56.4 Å². The number of imidazole rings is 1. The van der Waals surface area contributed by atoms with E-state index in [4.69, 9.17) is 29.7 Å². The zero-order valence-electron chi connectivity index (χ0n) is 29.4. The zero-order chi connectivity index (χ0) is 36.0. The van der Waals surface area contributed by atoms with Gasteiger partial charge < -0.3 is 23.8 Å². The number of aromatic nitrogens is 2. The summed E-state index contributed by atoms with van der Waals surface area (Å²) < 4.78 is 42.7. The van der Waals surface area contributed by atoms with E-state index in [2.05, 4.69) is 43.7 Å². The topological polar surface area (TPSA) is 101 Å². The number of carbonyl (C=O) groups excluding carboxylic acids is 1. The van der Waals surface area contributed by atoms with Crippen LogP contribution in [-0.4, -0.2) is 59.6 Å². The van der Waals surface area contributed by atoms with Crippen molar-refractivity contribution >= 4 is 49.3 Å². The number of methoxy groups -OCH3 is 1. The molecule has 1 saturated heterocycles. The molecule has 0 spiro atoms. The van der Waals surface area contributed by atoms with Gasteiger partial charge in [-0.05, 0) is 134 Å². The lowest BCUT2D eigenvalue weighted by Gasteiger charge is -2.42. The van der Waals surface area contributed by atoms with Gasteiger partial charge in [0.25, 0.3) is 0 Å². The molecule has 1 fully saturated rings. The van der Waals surface area contributed by atoms with E-state index in [0.717, 1.165) is 52.7 Å². The van der Waals surface area contributed by atoms with Crippen LogP contribution in [0.25, 0.3) is 28.0 Å². The first-order chi connectivity index (χ1) is 23.7. The molecule has 12 heteroatoms. The Morgan fingerprint density at radius 1 is 1.12 bits per heavy atom. The molecule has 2 aromatic carbocycles. The van der Waals surface area contributed by atoms with Crippen LogP contribution in [0.3, 0.4) is 0 Å². The average Bonchev–Trinajstić information content (AvgIpc) is 3.42. The standard InChI is InChI=1S/C38H45Br2FN4O5/c1-22-29(32(36(46)47-6)50-37(2,3)4)35-44-17-15-38(5,16-18-44)48-19-8-7-12-28(42)49-27-14-13-25(41)21-26(27)23-10-9-11-24(20-23)31-33(40)45(35)34(43-31)30(22)39/h9-11,13-14,20-21,28,32H,7-8,12,15-19,42H2,1-6H3/t28-,32+/m1/s1. The molecule has 2 atom stereocenters. The number of pyridine rings is 1. The van der Waals surface area contributed by atoms with E-state index in [1.165, 1.54) is 19.2 Å². The fourth-order valence-corrected chi connectivity index (χ4v) is 7.93. The normalized spacial score (nSPS) is 20.8. The quantitative estimate of drug-likeness (QED) is 0.205. The Kier molecular flexibility index (Phi) is 10.7. The first-order valence-electron chi connectivity index (χ1n) is 17.1. The van der Waals surface area contributed by atoms with Crippen LogP contribution in [-0.2, 0) is 19.0 Å². The SMILES string of the molecule is COC(=O)[C@@H](OC(C)(C)C)c1c(C)c(Br)c2nc3c(Br)n2c1N1CCC(C)(CC1)OCCCC[C@H](N)Oc1ccc(F)cc1-c1cccc-3c1. The number of piperidine rings is 1. The highest BCUT2D eigenvalue weighted by atomic mass is 79.9. The summed E-state index contributed by atoms with van der Waals surface area (Å²) >= 11 is 7.79. The van der Waals surface area contributed by atoms with Gasteiger partial charge >= 0.3 is 5.97 Å². The molecule has 9 nitrogen and oxygen atoms in total. The second-order valence-corrected chi connectivity index (χ2v) is 15.9. The maximum Gasteiger partial charge on any atom is 0.339 e. The van der Waals surface area contributed by atoms with Crippen molar-refractivity contribution in [3.8, 4) is 28.1 Å². The summed E-state index contributed by atoms with van der Waals surface area (Å²) in [6.07, 6.45) is 2.29. The third kappa shape index (κ3) is 7.46. The smallest absolute Gasteiger partial charge is 0.339 e. The van der Waals surface area contributed by atoms with Crippen LogP contribution in [0.1, 0.15) is 77.0 Å². The number of hydrogen-bond acceptors (Lipinski definition) is 8. The van der Waals surface area contributed by atoms with E-state index >= 15 is 0 Å². The molecule has 268 valence electrons. The van der Waals surface area contributed by atoms with Crippen molar-refractivity contribution in [1.29, 1.82) is 0 Å². The maximum absolute atomic E-state index is 14.7. The summed E-state index contributed by atoms with van der Waals surface area (Å²) in [4.78, 5) is 21.1. The summed E-state index contributed by atoms with van der Waals surface area (Å²) in [5, 5.41) is 0. The van der Waals surface area contributed by atoms with Crippen molar-refractivity contribution in [1.82, 2.24) is 9.38 Å². The lowest BCUT2D eigenvalue weighted by atomic mass is 9.92. The zero-order valence-corrected chi connectivity index (χ0v) is 32.6. The lowest BCUT2D eigenvalue weighted by molar-refractivity contribution is -0.164. The predicted octanol–water partition coefficient (Wildman–Crippen LogP) is 8.89. The molecule has 2 N–H and O–H groups in total. The van der Waals surface area contributed by atoms with E-state index in [1.54, 1.807) is 6.07 Å². The molecule has 7 rings (SSSR count). The first kappa shape index (κ1) is 36.8. The van der Waals surface area contributed by atoms with Gasteiger partial charge in [0, 0.05) is 36.4 Å². The van der Waals surface area contributed by atoms with Crippen molar-refractivity contribution in [3.63, 3.8) is 0 Å². The molecular formula is C38H45Br2FN4O5. The summed E-state index contributed by atoms with van der Waals surface area (Å²) in [6.45, 7) is 11.9. The third-order valence-electron chi connectivity index (χ3n) is 9.47. The van der Waals surface area contributed by atoms with E-state index in [-0.39, 0.29) is 11.4 Å². The minimum Gasteiger partial charge on any atom is -0.475 e. The highest BCUT2D eigenvalue weighted by Crippen LogP contribution is 2.45. The average molecular weight is 817 g/mol. The van der Waals surface area contributed by atoms with Gasteiger partial charge in [0.1, 0.15) is 33.9 Å². The van der Waals surface area contributed by atoms with Crippen LogP contribution in [0.5, 0.6) is 5.75 Å². The highest BCUT2D eigenvalue weighted by Gasteiger charge is 2.39. The fraction of sp³-hybridized carbons (Fsp3) is 0.474. The third-order valence-corrected chi connectivity index (χ3v) is 11.2. The fourth-order valence-electron chi connectivity index (χ4n) is 6.80. The highest BCUT2D eigenvalue weighted by molar-refractivity contribution is 9.11. The van der Waals surface area contributed by atoms with Crippen LogP contribution in [0.15, 0.2) is 51.5 Å². The molecule has 0 unspecified atom stereocenters. The number of benzene rings is 2. The Labute approximate surface area is 309 Å². The molecule has 0 radical (unpaired) electrons. The number of rotatable bonds is 3. The van der Waals surface area contributed by atoms with Gasteiger partial charge in [-0.3, -0.25) is 10.1 Å². The van der Waals surface area contributed by atoms with E-state index in [9.17, 15) is 9.18 Å². The van der Waals surface area contributed by atoms with Crippen LogP contribution in [0.2, 0.25) is 0 Å². The van der Waals surface area contributed by atoms with Gasteiger partial charge in [-0.1, -0.05) is 18.2 Å². The van der Waals surface area contributed by atoms with Gasteiger partial charge in [0.05, 0.1) is 22.8 Å². The van der Waals surface area contributed by atoms with Crippen LogP contribution in [0.4, 0.5) is 10.2 Å². The summed E-state index contributed by atoms with van der Waals surface area (Å²) in [5.41, 5.74) is 10.5. The molecule has 6 bridgehead atoms. The van der Waals surface area contributed by atoms with E-state index < -0.39 is 23.9 Å². The van der Waals surface area contributed by atoms with Gasteiger partial charge in [-0.2, -0.15) is 0 Å². The molecule has 3 aliphatic rings. The number of nitrogens with zero attached hydrogens (tertiary/aromatic N) is 3. The summed E-state index contributed by atoms with van der Waals surface area (Å²) in [6, 6.07) is 12.3. The Morgan fingerprint density at radius 2 is 1.84 bits per heavy atom. The minimum absolute atomic E-state index is 0.315. The Balaban J connectivity index is 1.61. The Bertz CT molecular complexity index is 1900. The first-order valence-corrected chi connectivity index (χ1v) is 18.7. The number of anilines is 1. The van der Waals surface area contributed by atoms with Crippen molar-refractivity contribution in [2.45, 2.75) is 90.3 Å². The molecular weight excluding hydrogens is 771 g/mol. The Morgan fingerprint density at radius 3 is 2.54 bits per heavy atom. The predicted molar refractivity (Wildman–Crippen MR) is 200 cm³/mol. The molecule has 0 amide bonds. The largest absolute Gasteiger partial charge is 0.475 e. The number of fused-ring (bicyclic) bond motifs is 8. The second-order valence-electron chi connectivity index (χ2n) is 14.4. The molecule has 3 aliphatic heterocycles. The van der Waals surface area contributed by atoms with Crippen molar-refractivity contribution in [2.24, 2.45) is 5.73 Å². The van der Waals surface area contributed by atoms with Crippen LogP contribution in [0, 0.1) is 12.7 Å². The molecule has 50 heavy (non-hydrogen) atoms. The number of ether oxygens (including phenoxy) is 4. The van der Waals surface area contributed by atoms with Crippen molar-refractivity contribution in [2.75, 3.05) is 31.7 Å². The maximum atomic E-state index is 14.7. The lowest BCUT2D eigenvalue weighted by Crippen LogP contribution is -2.45. The monoisotopic (exact) mass is 814 g/mol. The molecule has 4 aromatic rings. The number of hydrogen-bond donors (Lipinski definition) is 1. The number of esters is 1. The molecule has 5 heterocycles. The van der Waals surface area contributed by atoms with Crippen LogP contribution < -0.4 is 15.4 Å². The number of halogens is 3. The molecule has 0 saturated carbocycles. The van der Waals surface area contributed by atoms with Gasteiger partial charge in [-0.15, -0.1) is 0 Å². The molecule has 0 aliphatic carbocycles. The van der Waals surface area contributed by atoms with Gasteiger partial charge in [-0.25, -0.2) is 14.2 Å². The van der Waals surface area contributed by atoms with Gasteiger partial charge in [0.15, 0.2) is 11.8 Å².